The average Bonchev–Trinajstić information content (AvgIpc) is 2.83. The number of aromatic nitrogens is 3. The number of pyridine rings is 1. The monoisotopic (exact) mass is 451 g/mol. The lowest BCUT2D eigenvalue weighted by atomic mass is 10.00. The van der Waals surface area contributed by atoms with Gasteiger partial charge in [0.25, 0.3) is 0 Å². The van der Waals surface area contributed by atoms with E-state index in [4.69, 9.17) is 17.3 Å². The summed E-state index contributed by atoms with van der Waals surface area (Å²) < 4.78 is 0. The van der Waals surface area contributed by atoms with Crippen LogP contribution in [0.25, 0.3) is 10.9 Å². The molecule has 168 valence electrons. The Labute approximate surface area is 193 Å². The summed E-state index contributed by atoms with van der Waals surface area (Å²) in [4.78, 5) is 8.98. The Balaban J connectivity index is 1.46. The number of nitrogens with one attached hydrogen (secondary N) is 2. The van der Waals surface area contributed by atoms with Crippen LogP contribution in [0.15, 0.2) is 48.7 Å². The maximum absolute atomic E-state index is 8.94. The van der Waals surface area contributed by atoms with Gasteiger partial charge in [-0.05, 0) is 54.5 Å². The minimum Gasteiger partial charge on any atom is -0.395 e. The molecule has 0 amide bonds. The Bertz CT molecular complexity index is 1050. The number of hydrogen-bond donors (Lipinski definition) is 3. The molecule has 32 heavy (non-hydrogen) atoms. The molecule has 1 unspecified atom stereocenters. The highest BCUT2D eigenvalue weighted by Crippen LogP contribution is 2.25. The number of fused-ring (bicyclic) bond motifs is 1. The van der Waals surface area contributed by atoms with Crippen molar-refractivity contribution in [2.75, 3.05) is 48.3 Å². The predicted molar refractivity (Wildman–Crippen MR) is 133 cm³/mol. The summed E-state index contributed by atoms with van der Waals surface area (Å²) in [5.74, 6) is 1.92. The molecule has 1 aliphatic heterocycles. The molecule has 1 aliphatic rings. The molecule has 3 aromatic rings. The van der Waals surface area contributed by atoms with E-state index in [9.17, 15) is 0 Å². The van der Waals surface area contributed by atoms with Gasteiger partial charge < -0.3 is 25.5 Å². The van der Waals surface area contributed by atoms with E-state index >= 15 is 0 Å². The van der Waals surface area contributed by atoms with Gasteiger partial charge in [-0.15, -0.1) is 10.2 Å². The molecule has 0 radical (unpaired) electrons. The van der Waals surface area contributed by atoms with Crippen molar-refractivity contribution < 1.29 is 5.11 Å². The zero-order valence-electron chi connectivity index (χ0n) is 18.4. The van der Waals surface area contributed by atoms with Crippen molar-refractivity contribution in [3.63, 3.8) is 0 Å². The van der Waals surface area contributed by atoms with Crippen molar-refractivity contribution in [2.24, 2.45) is 5.92 Å². The first-order valence-corrected chi connectivity index (χ1v) is 11.3. The van der Waals surface area contributed by atoms with Gasteiger partial charge in [0.1, 0.15) is 5.82 Å². The fraction of sp³-hybridized carbons (Fsp3) is 0.391. The van der Waals surface area contributed by atoms with Gasteiger partial charge in [-0.25, -0.2) is 0 Å². The van der Waals surface area contributed by atoms with Crippen molar-refractivity contribution in [3.8, 4) is 0 Å². The van der Waals surface area contributed by atoms with Gasteiger partial charge in [0, 0.05) is 43.4 Å². The van der Waals surface area contributed by atoms with E-state index in [0.29, 0.717) is 18.3 Å². The zero-order chi connectivity index (χ0) is 22.5. The number of nitrogens with zero attached hydrogens (tertiary/aromatic N) is 5. The normalized spacial score (nSPS) is 16.4. The lowest BCUT2D eigenvalue weighted by molar-refractivity contribution is 0.227. The molecule has 2 aromatic heterocycles. The van der Waals surface area contributed by atoms with Gasteiger partial charge in [-0.2, -0.15) is 0 Å². The third kappa shape index (κ3) is 4.89. The highest BCUT2D eigenvalue weighted by molar-refractivity contribution is 7.80. The second-order valence-corrected chi connectivity index (χ2v) is 8.57. The Kier molecular flexibility index (Phi) is 6.96. The fourth-order valence-corrected chi connectivity index (χ4v) is 4.35. The van der Waals surface area contributed by atoms with Crippen LogP contribution in [0.5, 0.6) is 0 Å². The Morgan fingerprint density at radius 3 is 2.78 bits per heavy atom. The van der Waals surface area contributed by atoms with E-state index in [1.165, 1.54) is 0 Å². The average molecular weight is 452 g/mol. The van der Waals surface area contributed by atoms with Crippen LogP contribution in [-0.4, -0.2) is 69.1 Å². The number of aliphatic hydroxyl groups excluding tert-OH is 1. The van der Waals surface area contributed by atoms with Crippen molar-refractivity contribution in [1.29, 1.82) is 0 Å². The number of anilines is 3. The molecule has 1 aromatic carbocycles. The predicted octanol–water partition coefficient (Wildman–Crippen LogP) is 2.97. The van der Waals surface area contributed by atoms with Gasteiger partial charge >= 0.3 is 0 Å². The van der Waals surface area contributed by atoms with Gasteiger partial charge in [0.15, 0.2) is 10.9 Å². The summed E-state index contributed by atoms with van der Waals surface area (Å²) in [6, 6.07) is 14.2. The van der Waals surface area contributed by atoms with Crippen molar-refractivity contribution in [2.45, 2.75) is 19.9 Å². The number of hydrogen-bond acceptors (Lipinski definition) is 7. The molecular formula is C23H29N7OS. The maximum Gasteiger partial charge on any atom is 0.173 e. The number of aliphatic hydroxyl groups is 1. The zero-order valence-corrected chi connectivity index (χ0v) is 19.2. The van der Waals surface area contributed by atoms with Crippen LogP contribution in [0.4, 0.5) is 17.3 Å². The molecule has 3 heterocycles. The van der Waals surface area contributed by atoms with Crippen LogP contribution < -0.4 is 15.5 Å². The van der Waals surface area contributed by atoms with Crippen LogP contribution >= 0.6 is 12.2 Å². The molecule has 0 bridgehead atoms. The van der Waals surface area contributed by atoms with Crippen LogP contribution in [-0.2, 0) is 0 Å². The standard InChI is InChI=1S/C23H29N7OS/c1-16(2)20-15-29(22-9-8-21(27-28-22)25-11-14-31)12-13-30(20)23(32)26-19-7-3-6-18-17(19)5-4-10-24-18/h3-10,16,20,31H,11-15H2,1-2H3,(H,25,27)(H,26,32). The molecule has 9 heteroatoms. The quantitative estimate of drug-likeness (QED) is 0.489. The van der Waals surface area contributed by atoms with Crippen LogP contribution in [0.2, 0.25) is 0 Å². The number of piperazine rings is 1. The maximum atomic E-state index is 8.94. The first kappa shape index (κ1) is 22.2. The van der Waals surface area contributed by atoms with Crippen molar-refractivity contribution in [3.05, 3.63) is 48.7 Å². The minimum atomic E-state index is 0.0602. The van der Waals surface area contributed by atoms with Crippen LogP contribution in [0.1, 0.15) is 13.8 Å². The molecule has 0 saturated carbocycles. The summed E-state index contributed by atoms with van der Waals surface area (Å²) in [5, 5.41) is 25.8. The van der Waals surface area contributed by atoms with Crippen molar-refractivity contribution in [1.82, 2.24) is 20.1 Å². The molecule has 8 nitrogen and oxygen atoms in total. The summed E-state index contributed by atoms with van der Waals surface area (Å²) in [7, 11) is 0. The van der Waals surface area contributed by atoms with E-state index < -0.39 is 0 Å². The molecular weight excluding hydrogens is 422 g/mol. The highest BCUT2D eigenvalue weighted by Gasteiger charge is 2.31. The van der Waals surface area contributed by atoms with Gasteiger partial charge in [0.05, 0.1) is 18.2 Å². The van der Waals surface area contributed by atoms with Gasteiger partial charge in [0.2, 0.25) is 0 Å². The summed E-state index contributed by atoms with van der Waals surface area (Å²) in [5.41, 5.74) is 1.92. The van der Waals surface area contributed by atoms with Crippen LogP contribution in [0.3, 0.4) is 0 Å². The molecule has 3 N–H and O–H groups in total. The van der Waals surface area contributed by atoms with E-state index in [-0.39, 0.29) is 12.6 Å². The van der Waals surface area contributed by atoms with E-state index in [2.05, 4.69) is 55.5 Å². The first-order chi connectivity index (χ1) is 15.6. The lowest BCUT2D eigenvalue weighted by Crippen LogP contribution is -2.58. The summed E-state index contributed by atoms with van der Waals surface area (Å²) in [6.07, 6.45) is 1.80. The second kappa shape index (κ2) is 10.1. The molecule has 4 rings (SSSR count). The molecule has 1 saturated heterocycles. The lowest BCUT2D eigenvalue weighted by Gasteiger charge is -2.45. The minimum absolute atomic E-state index is 0.0602. The number of thiocarbonyl (C=S) groups is 1. The van der Waals surface area contributed by atoms with Crippen LogP contribution in [0, 0.1) is 5.92 Å². The molecule has 0 spiro atoms. The van der Waals surface area contributed by atoms with Crippen molar-refractivity contribution >= 4 is 45.6 Å². The SMILES string of the molecule is CC(C)C1CN(c2ccc(NCCO)nn2)CCN1C(=S)Nc1cccc2ncccc12. The Hall–Kier alpha value is -3.04. The fourth-order valence-electron chi connectivity index (χ4n) is 4.01. The smallest absolute Gasteiger partial charge is 0.173 e. The molecule has 1 atom stereocenters. The highest BCUT2D eigenvalue weighted by atomic mass is 32.1. The van der Waals surface area contributed by atoms with E-state index in [1.54, 1.807) is 6.20 Å². The third-order valence-electron chi connectivity index (χ3n) is 5.73. The van der Waals surface area contributed by atoms with Gasteiger partial charge in [-0.1, -0.05) is 19.9 Å². The largest absolute Gasteiger partial charge is 0.395 e. The summed E-state index contributed by atoms with van der Waals surface area (Å²) >= 11 is 5.85. The Morgan fingerprint density at radius 2 is 2.03 bits per heavy atom. The van der Waals surface area contributed by atoms with E-state index in [1.807, 2.05) is 36.4 Å². The second-order valence-electron chi connectivity index (χ2n) is 8.18. The topological polar surface area (TPSA) is 89.4 Å². The number of rotatable bonds is 6. The Morgan fingerprint density at radius 1 is 1.16 bits per heavy atom. The summed E-state index contributed by atoms with van der Waals surface area (Å²) in [6.45, 7) is 7.38. The van der Waals surface area contributed by atoms with E-state index in [0.717, 1.165) is 47.2 Å². The molecule has 0 aliphatic carbocycles. The first-order valence-electron chi connectivity index (χ1n) is 10.9. The third-order valence-corrected chi connectivity index (χ3v) is 6.07. The molecule has 1 fully saturated rings. The van der Waals surface area contributed by atoms with Gasteiger partial charge in [-0.3, -0.25) is 4.98 Å². The number of benzene rings is 1.